The highest BCUT2D eigenvalue weighted by atomic mass is 35.5. The Morgan fingerprint density at radius 3 is 2.44 bits per heavy atom. The zero-order chi connectivity index (χ0) is 17.5. The van der Waals surface area contributed by atoms with Crippen LogP contribution in [0.3, 0.4) is 0 Å². The Labute approximate surface area is 158 Å². The Hall–Kier alpha value is -2.16. The molecular weight excluding hydrogens is 353 g/mol. The number of halogens is 2. The molecule has 1 N–H and O–H groups in total. The van der Waals surface area contributed by atoms with E-state index in [9.17, 15) is 0 Å². The van der Waals surface area contributed by atoms with E-state index in [0.29, 0.717) is 23.2 Å². The summed E-state index contributed by atoms with van der Waals surface area (Å²) in [4.78, 5) is 0. The van der Waals surface area contributed by atoms with Gasteiger partial charge in [-0.1, -0.05) is 65.7 Å². The lowest BCUT2D eigenvalue weighted by Crippen LogP contribution is -2.03. The number of ether oxygens (including phenoxy) is 1. The monoisotopic (exact) mass is 371 g/mol. The van der Waals surface area contributed by atoms with Gasteiger partial charge in [0.25, 0.3) is 0 Å². The molecule has 0 aliphatic carbocycles. The van der Waals surface area contributed by atoms with Crippen LogP contribution in [0.5, 0.6) is 5.75 Å². The molecule has 0 saturated carbocycles. The summed E-state index contributed by atoms with van der Waals surface area (Å²) in [7, 11) is 0. The number of benzene rings is 3. The van der Waals surface area contributed by atoms with E-state index in [-0.39, 0.29) is 0 Å². The normalized spacial score (nSPS) is 10.5. The van der Waals surface area contributed by atoms with Gasteiger partial charge in [-0.3, -0.25) is 0 Å². The number of nitrogens with one attached hydrogen (secondary N) is 1. The molecule has 0 aliphatic rings. The van der Waals surface area contributed by atoms with Gasteiger partial charge in [0.2, 0.25) is 0 Å². The smallest absolute Gasteiger partial charge is 0.119 e. The fourth-order valence-corrected chi connectivity index (χ4v) is 2.86. The predicted octanol–water partition coefficient (Wildman–Crippen LogP) is 6.23. The molecule has 0 atom stereocenters. The molecule has 0 amide bonds. The maximum absolute atomic E-state index is 6.17. The Balaban J connectivity index is 1.55. The SMILES string of the molecule is Clc1ccc(Cl)c(NCc2cccc(OCCc3ccccc3)c2)c1. The zero-order valence-electron chi connectivity index (χ0n) is 13.7. The van der Waals surface area contributed by atoms with E-state index in [1.165, 1.54) is 5.56 Å². The summed E-state index contributed by atoms with van der Waals surface area (Å²) in [6.07, 6.45) is 0.890. The Kier molecular flexibility index (Phi) is 6.21. The molecule has 0 radical (unpaired) electrons. The molecule has 4 heteroatoms. The number of rotatable bonds is 7. The van der Waals surface area contributed by atoms with Gasteiger partial charge >= 0.3 is 0 Å². The first-order valence-electron chi connectivity index (χ1n) is 8.15. The maximum atomic E-state index is 6.17. The molecule has 0 aromatic heterocycles. The van der Waals surface area contributed by atoms with E-state index in [2.05, 4.69) is 23.5 Å². The van der Waals surface area contributed by atoms with Crippen molar-refractivity contribution in [3.8, 4) is 5.75 Å². The highest BCUT2D eigenvalue weighted by molar-refractivity contribution is 6.35. The zero-order valence-corrected chi connectivity index (χ0v) is 15.2. The molecular formula is C21H19Cl2NO. The summed E-state index contributed by atoms with van der Waals surface area (Å²) >= 11 is 12.2. The van der Waals surface area contributed by atoms with E-state index in [4.69, 9.17) is 27.9 Å². The Morgan fingerprint density at radius 1 is 0.800 bits per heavy atom. The predicted molar refractivity (Wildman–Crippen MR) is 106 cm³/mol. The topological polar surface area (TPSA) is 21.3 Å². The van der Waals surface area contributed by atoms with Crippen molar-refractivity contribution >= 4 is 28.9 Å². The van der Waals surface area contributed by atoms with Gasteiger partial charge < -0.3 is 10.1 Å². The van der Waals surface area contributed by atoms with Gasteiger partial charge in [-0.25, -0.2) is 0 Å². The molecule has 0 bridgehead atoms. The van der Waals surface area contributed by atoms with Gasteiger partial charge in [-0.2, -0.15) is 0 Å². The third kappa shape index (κ3) is 5.42. The Bertz CT molecular complexity index is 821. The molecule has 0 aliphatic heterocycles. The Morgan fingerprint density at radius 2 is 1.60 bits per heavy atom. The van der Waals surface area contributed by atoms with Crippen LogP contribution in [-0.4, -0.2) is 6.61 Å². The summed E-state index contributed by atoms with van der Waals surface area (Å²) in [5, 5.41) is 4.62. The van der Waals surface area contributed by atoms with Gasteiger partial charge in [0.1, 0.15) is 5.75 Å². The maximum Gasteiger partial charge on any atom is 0.119 e. The third-order valence-electron chi connectivity index (χ3n) is 3.81. The molecule has 3 aromatic rings. The minimum Gasteiger partial charge on any atom is -0.493 e. The van der Waals surface area contributed by atoms with Crippen molar-refractivity contribution in [3.05, 3.63) is 94.0 Å². The van der Waals surface area contributed by atoms with E-state index in [0.717, 1.165) is 23.4 Å². The van der Waals surface area contributed by atoms with Crippen LogP contribution >= 0.6 is 23.2 Å². The lowest BCUT2D eigenvalue weighted by atomic mass is 10.2. The lowest BCUT2D eigenvalue weighted by Gasteiger charge is -2.11. The van der Waals surface area contributed by atoms with E-state index in [1.54, 1.807) is 12.1 Å². The summed E-state index contributed by atoms with van der Waals surface area (Å²) in [5.41, 5.74) is 3.22. The molecule has 0 unspecified atom stereocenters. The van der Waals surface area contributed by atoms with Gasteiger partial charge in [0.15, 0.2) is 0 Å². The van der Waals surface area contributed by atoms with Gasteiger partial charge in [-0.05, 0) is 41.5 Å². The van der Waals surface area contributed by atoms with Crippen LogP contribution in [0.15, 0.2) is 72.8 Å². The van der Waals surface area contributed by atoms with Crippen LogP contribution in [0.4, 0.5) is 5.69 Å². The summed E-state index contributed by atoms with van der Waals surface area (Å²) in [6, 6.07) is 23.8. The summed E-state index contributed by atoms with van der Waals surface area (Å²) in [6.45, 7) is 1.30. The van der Waals surface area contributed by atoms with Gasteiger partial charge in [0, 0.05) is 18.0 Å². The quantitative estimate of drug-likeness (QED) is 0.531. The molecule has 3 aromatic carbocycles. The molecule has 0 fully saturated rings. The molecule has 2 nitrogen and oxygen atoms in total. The van der Waals surface area contributed by atoms with Crippen molar-refractivity contribution in [2.45, 2.75) is 13.0 Å². The van der Waals surface area contributed by atoms with Crippen molar-refractivity contribution in [2.75, 3.05) is 11.9 Å². The van der Waals surface area contributed by atoms with Crippen molar-refractivity contribution in [1.29, 1.82) is 0 Å². The van der Waals surface area contributed by atoms with Crippen LogP contribution in [0.2, 0.25) is 10.0 Å². The fourth-order valence-electron chi connectivity index (χ4n) is 2.51. The average Bonchev–Trinajstić information content (AvgIpc) is 2.64. The second kappa shape index (κ2) is 8.80. The molecule has 128 valence electrons. The summed E-state index contributed by atoms with van der Waals surface area (Å²) in [5.74, 6) is 0.868. The third-order valence-corrected chi connectivity index (χ3v) is 4.38. The highest BCUT2D eigenvalue weighted by Crippen LogP contribution is 2.26. The summed E-state index contributed by atoms with van der Waals surface area (Å²) < 4.78 is 5.87. The number of anilines is 1. The minimum absolute atomic E-state index is 0.649. The van der Waals surface area contributed by atoms with Crippen molar-refractivity contribution in [3.63, 3.8) is 0 Å². The number of hydrogen-bond acceptors (Lipinski definition) is 2. The second-order valence-corrected chi connectivity index (χ2v) is 6.55. The second-order valence-electron chi connectivity index (χ2n) is 5.71. The number of hydrogen-bond donors (Lipinski definition) is 1. The van der Waals surface area contributed by atoms with E-state index in [1.807, 2.05) is 42.5 Å². The van der Waals surface area contributed by atoms with E-state index < -0.39 is 0 Å². The first-order valence-corrected chi connectivity index (χ1v) is 8.91. The van der Waals surface area contributed by atoms with Crippen LogP contribution < -0.4 is 10.1 Å². The first kappa shape index (κ1) is 17.7. The fraction of sp³-hybridized carbons (Fsp3) is 0.143. The van der Waals surface area contributed by atoms with Crippen molar-refractivity contribution in [1.82, 2.24) is 0 Å². The molecule has 0 saturated heterocycles. The van der Waals surface area contributed by atoms with E-state index >= 15 is 0 Å². The highest BCUT2D eigenvalue weighted by Gasteiger charge is 2.02. The van der Waals surface area contributed by atoms with Crippen LogP contribution in [0.1, 0.15) is 11.1 Å². The van der Waals surface area contributed by atoms with Gasteiger partial charge in [-0.15, -0.1) is 0 Å². The van der Waals surface area contributed by atoms with Crippen LogP contribution in [-0.2, 0) is 13.0 Å². The minimum atomic E-state index is 0.649. The first-order chi connectivity index (χ1) is 12.2. The van der Waals surface area contributed by atoms with Crippen LogP contribution in [0, 0.1) is 0 Å². The van der Waals surface area contributed by atoms with Crippen molar-refractivity contribution in [2.24, 2.45) is 0 Å². The molecule has 0 heterocycles. The van der Waals surface area contributed by atoms with Crippen molar-refractivity contribution < 1.29 is 4.74 Å². The standard InChI is InChI=1S/C21H19Cl2NO/c22-18-9-10-20(23)21(14-18)24-15-17-7-4-8-19(13-17)25-12-11-16-5-2-1-3-6-16/h1-10,13-14,24H,11-12,15H2. The largest absolute Gasteiger partial charge is 0.493 e. The average molecular weight is 372 g/mol. The molecule has 3 rings (SSSR count). The van der Waals surface area contributed by atoms with Crippen LogP contribution in [0.25, 0.3) is 0 Å². The van der Waals surface area contributed by atoms with Gasteiger partial charge in [0.05, 0.1) is 17.3 Å². The molecule has 25 heavy (non-hydrogen) atoms. The molecule has 0 spiro atoms. The lowest BCUT2D eigenvalue weighted by molar-refractivity contribution is 0.321.